The summed E-state index contributed by atoms with van der Waals surface area (Å²) in [6.07, 6.45) is 5.15. The molecule has 1 aliphatic carbocycles. The maximum atomic E-state index is 12.4. The molecule has 1 atom stereocenters. The minimum absolute atomic E-state index is 0. The molecule has 0 aromatic carbocycles. The number of hydrogen-bond donors (Lipinski definition) is 3. The number of nitrogens with one attached hydrogen (secondary N) is 2. The number of nitrogens with zero attached hydrogens (tertiary/aromatic N) is 1. The molecule has 9 heteroatoms. The second kappa shape index (κ2) is 9.73. The first-order valence-corrected chi connectivity index (χ1v) is 10.6. The summed E-state index contributed by atoms with van der Waals surface area (Å²) in [6.45, 7) is 2.51. The van der Waals surface area contributed by atoms with Gasteiger partial charge in [0.15, 0.2) is 0 Å². The van der Waals surface area contributed by atoms with Crippen LogP contribution in [0.1, 0.15) is 42.5 Å². The molecule has 26 heavy (non-hydrogen) atoms. The third-order valence-electron chi connectivity index (χ3n) is 4.27. The van der Waals surface area contributed by atoms with Crippen LogP contribution in [-0.2, 0) is 23.4 Å². The van der Waals surface area contributed by atoms with Crippen LogP contribution in [0, 0.1) is 0 Å². The van der Waals surface area contributed by atoms with E-state index in [1.807, 2.05) is 6.92 Å². The fourth-order valence-corrected chi connectivity index (χ4v) is 5.01. The van der Waals surface area contributed by atoms with E-state index < -0.39 is 0 Å². The fourth-order valence-electron chi connectivity index (χ4n) is 3.01. The summed E-state index contributed by atoms with van der Waals surface area (Å²) >= 11 is 3.10. The SMILES string of the molecule is CC(N)CCNC(=O)CSCc1nc2sc3c(c2c(=O)[nH]1)CCCC3.Cl. The third-order valence-corrected chi connectivity index (χ3v) is 6.40. The first-order chi connectivity index (χ1) is 12.0. The number of thioether (sulfide) groups is 1. The van der Waals surface area contributed by atoms with Gasteiger partial charge in [-0.15, -0.1) is 35.5 Å². The molecule has 1 unspecified atom stereocenters. The molecule has 0 saturated carbocycles. The Morgan fingerprint density at radius 2 is 2.19 bits per heavy atom. The molecule has 2 heterocycles. The van der Waals surface area contributed by atoms with Crippen LogP contribution in [0.25, 0.3) is 10.2 Å². The van der Waals surface area contributed by atoms with Gasteiger partial charge in [-0.1, -0.05) is 0 Å². The van der Waals surface area contributed by atoms with Crippen molar-refractivity contribution in [2.75, 3.05) is 12.3 Å². The molecule has 144 valence electrons. The Morgan fingerprint density at radius 1 is 1.42 bits per heavy atom. The zero-order valence-electron chi connectivity index (χ0n) is 14.8. The van der Waals surface area contributed by atoms with Crippen molar-refractivity contribution in [3.63, 3.8) is 0 Å². The number of thiophene rings is 1. The van der Waals surface area contributed by atoms with Crippen molar-refractivity contribution in [3.8, 4) is 0 Å². The van der Waals surface area contributed by atoms with Gasteiger partial charge in [0.25, 0.3) is 5.56 Å². The van der Waals surface area contributed by atoms with Gasteiger partial charge in [0.1, 0.15) is 10.7 Å². The highest BCUT2D eigenvalue weighted by Gasteiger charge is 2.19. The number of aromatic nitrogens is 2. The molecule has 0 spiro atoms. The predicted molar refractivity (Wildman–Crippen MR) is 112 cm³/mol. The molecule has 4 N–H and O–H groups in total. The molecule has 0 bridgehead atoms. The quantitative estimate of drug-likeness (QED) is 0.643. The highest BCUT2D eigenvalue weighted by atomic mass is 35.5. The minimum atomic E-state index is -0.0404. The van der Waals surface area contributed by atoms with Crippen molar-refractivity contribution < 1.29 is 4.79 Å². The fraction of sp³-hybridized carbons (Fsp3) is 0.588. The summed E-state index contributed by atoms with van der Waals surface area (Å²) in [5.74, 6) is 1.50. The Morgan fingerprint density at radius 3 is 2.96 bits per heavy atom. The standard InChI is InChI=1S/C17H24N4O2S2.ClH/c1-10(18)6-7-19-14(22)9-24-8-13-20-16(23)15-11-4-2-3-5-12(11)25-17(15)21-13;/h10H,2-9,18H2,1H3,(H,19,22)(H,20,21,23);1H. The van der Waals surface area contributed by atoms with E-state index in [1.54, 1.807) is 11.3 Å². The Hall–Kier alpha value is -1.09. The van der Waals surface area contributed by atoms with Gasteiger partial charge in [0.2, 0.25) is 5.91 Å². The smallest absolute Gasteiger partial charge is 0.259 e. The lowest BCUT2D eigenvalue weighted by Gasteiger charge is -2.09. The van der Waals surface area contributed by atoms with Crippen LogP contribution in [0.15, 0.2) is 4.79 Å². The van der Waals surface area contributed by atoms with Crippen LogP contribution in [0.5, 0.6) is 0 Å². The number of H-pyrrole nitrogens is 1. The zero-order chi connectivity index (χ0) is 17.8. The second-order valence-electron chi connectivity index (χ2n) is 6.51. The molecule has 2 aromatic rings. The summed E-state index contributed by atoms with van der Waals surface area (Å²) in [4.78, 5) is 33.9. The lowest BCUT2D eigenvalue weighted by molar-refractivity contribution is -0.118. The van der Waals surface area contributed by atoms with Gasteiger partial charge >= 0.3 is 0 Å². The van der Waals surface area contributed by atoms with Gasteiger partial charge in [-0.2, -0.15) is 0 Å². The van der Waals surface area contributed by atoms with Crippen LogP contribution in [0.4, 0.5) is 0 Å². The molecular formula is C17H25ClN4O2S2. The van der Waals surface area contributed by atoms with Crippen molar-refractivity contribution in [1.82, 2.24) is 15.3 Å². The number of rotatable bonds is 7. The Labute approximate surface area is 167 Å². The minimum Gasteiger partial charge on any atom is -0.355 e. The number of halogens is 1. The number of amides is 1. The lowest BCUT2D eigenvalue weighted by Crippen LogP contribution is -2.30. The molecule has 1 amide bonds. The Bertz CT molecular complexity index is 819. The van der Waals surface area contributed by atoms with Crippen LogP contribution >= 0.6 is 35.5 Å². The largest absolute Gasteiger partial charge is 0.355 e. The van der Waals surface area contributed by atoms with E-state index >= 15 is 0 Å². The topological polar surface area (TPSA) is 101 Å². The lowest BCUT2D eigenvalue weighted by atomic mass is 9.97. The zero-order valence-corrected chi connectivity index (χ0v) is 17.2. The van der Waals surface area contributed by atoms with E-state index in [0.29, 0.717) is 23.9 Å². The average molecular weight is 417 g/mol. The summed E-state index contributed by atoms with van der Waals surface area (Å²) in [5, 5.41) is 3.62. The molecular weight excluding hydrogens is 392 g/mol. The van der Waals surface area contributed by atoms with Gasteiger partial charge in [0.05, 0.1) is 16.9 Å². The number of carbonyl (C=O) groups excluding carboxylic acids is 1. The van der Waals surface area contributed by atoms with Crippen LogP contribution in [-0.4, -0.2) is 34.2 Å². The molecule has 0 radical (unpaired) electrons. The third kappa shape index (κ3) is 5.22. The number of carbonyl (C=O) groups is 1. The highest BCUT2D eigenvalue weighted by Crippen LogP contribution is 2.33. The second-order valence-corrected chi connectivity index (χ2v) is 8.58. The first-order valence-electron chi connectivity index (χ1n) is 8.68. The summed E-state index contributed by atoms with van der Waals surface area (Å²) in [6, 6.07) is 0.0885. The average Bonchev–Trinajstić information content (AvgIpc) is 2.93. The van der Waals surface area contributed by atoms with Gasteiger partial charge in [-0.3, -0.25) is 9.59 Å². The van der Waals surface area contributed by atoms with E-state index in [1.165, 1.54) is 28.6 Å². The number of hydrogen-bond acceptors (Lipinski definition) is 6. The predicted octanol–water partition coefficient (Wildman–Crippen LogP) is 2.37. The number of nitrogens with two attached hydrogens (primary N) is 1. The highest BCUT2D eigenvalue weighted by molar-refractivity contribution is 7.99. The molecule has 0 saturated heterocycles. The van der Waals surface area contributed by atoms with Crippen LogP contribution in [0.3, 0.4) is 0 Å². The Balaban J connectivity index is 0.00000243. The van der Waals surface area contributed by atoms with Crippen molar-refractivity contribution >= 4 is 51.6 Å². The van der Waals surface area contributed by atoms with Crippen molar-refractivity contribution in [2.45, 2.75) is 50.8 Å². The van der Waals surface area contributed by atoms with Gasteiger partial charge < -0.3 is 16.0 Å². The number of aryl methyl sites for hydroxylation is 2. The van der Waals surface area contributed by atoms with Crippen molar-refractivity contribution in [3.05, 3.63) is 26.6 Å². The molecule has 0 fully saturated rings. The number of fused-ring (bicyclic) bond motifs is 3. The van der Waals surface area contributed by atoms with Crippen LogP contribution in [0.2, 0.25) is 0 Å². The first kappa shape index (κ1) is 21.2. The van der Waals surface area contributed by atoms with Crippen molar-refractivity contribution in [1.29, 1.82) is 0 Å². The maximum Gasteiger partial charge on any atom is 0.259 e. The normalized spacial score (nSPS) is 14.5. The molecule has 2 aromatic heterocycles. The van der Waals surface area contributed by atoms with E-state index in [2.05, 4.69) is 15.3 Å². The number of aromatic amines is 1. The molecule has 0 aliphatic heterocycles. The van der Waals surface area contributed by atoms with E-state index in [9.17, 15) is 9.59 Å². The van der Waals surface area contributed by atoms with Gasteiger partial charge in [-0.25, -0.2) is 4.98 Å². The van der Waals surface area contributed by atoms with Crippen LogP contribution < -0.4 is 16.6 Å². The van der Waals surface area contributed by atoms with E-state index in [0.717, 1.165) is 35.9 Å². The monoisotopic (exact) mass is 416 g/mol. The van der Waals surface area contributed by atoms with Gasteiger partial charge in [0, 0.05) is 17.5 Å². The van der Waals surface area contributed by atoms with E-state index in [4.69, 9.17) is 5.73 Å². The van der Waals surface area contributed by atoms with E-state index in [-0.39, 0.29) is 29.9 Å². The summed E-state index contributed by atoms with van der Waals surface area (Å²) < 4.78 is 0. The summed E-state index contributed by atoms with van der Waals surface area (Å²) in [7, 11) is 0. The summed E-state index contributed by atoms with van der Waals surface area (Å²) in [5.41, 5.74) is 6.81. The maximum absolute atomic E-state index is 12.4. The van der Waals surface area contributed by atoms with Gasteiger partial charge in [-0.05, 0) is 44.6 Å². The molecule has 3 rings (SSSR count). The molecule has 1 aliphatic rings. The van der Waals surface area contributed by atoms with Crippen molar-refractivity contribution in [2.24, 2.45) is 5.73 Å². The Kier molecular flexibility index (Phi) is 7.94. The molecule has 6 nitrogen and oxygen atoms in total.